The van der Waals surface area contributed by atoms with E-state index in [4.69, 9.17) is 0 Å². The molecule has 1 nitrogen and oxygen atoms in total. The molecule has 4 rings (SSSR count). The Bertz CT molecular complexity index is 1040. The number of benzene rings is 3. The normalized spacial score (nSPS) is 14.0. The minimum atomic E-state index is -0.185. The molecule has 0 saturated heterocycles. The fourth-order valence-corrected chi connectivity index (χ4v) is 3.55. The molecule has 3 aromatic carbocycles. The van der Waals surface area contributed by atoms with Crippen molar-refractivity contribution in [1.29, 1.82) is 0 Å². The summed E-state index contributed by atoms with van der Waals surface area (Å²) >= 11 is 0. The zero-order valence-corrected chi connectivity index (χ0v) is 15.1. The van der Waals surface area contributed by atoms with E-state index in [2.05, 4.69) is 0 Å². The van der Waals surface area contributed by atoms with Crippen molar-refractivity contribution in [2.75, 3.05) is 0 Å². The third-order valence-corrected chi connectivity index (χ3v) is 4.96. The first-order valence-corrected chi connectivity index (χ1v) is 8.99. The van der Waals surface area contributed by atoms with E-state index in [0.717, 1.165) is 22.3 Å². The van der Waals surface area contributed by atoms with E-state index in [-0.39, 0.29) is 11.6 Å². The highest BCUT2D eigenvalue weighted by Gasteiger charge is 2.27. The van der Waals surface area contributed by atoms with Crippen LogP contribution in [0.25, 0.3) is 16.7 Å². The van der Waals surface area contributed by atoms with Crippen molar-refractivity contribution in [2.45, 2.75) is 13.3 Å². The van der Waals surface area contributed by atoms with Crippen LogP contribution in [-0.4, -0.2) is 5.78 Å². The Hall–Kier alpha value is -3.26. The Morgan fingerprint density at radius 3 is 1.78 bits per heavy atom. The van der Waals surface area contributed by atoms with Gasteiger partial charge >= 0.3 is 0 Å². The van der Waals surface area contributed by atoms with Gasteiger partial charge in [0, 0.05) is 23.1 Å². The summed E-state index contributed by atoms with van der Waals surface area (Å²) in [6.45, 7) is 1.53. The summed E-state index contributed by atoms with van der Waals surface area (Å²) in [4.78, 5) is 11.5. The Balaban J connectivity index is 1.83. The Labute approximate surface area is 158 Å². The SMILES string of the molecule is CC(=O)c1ccc(C2=C(F)C(c3ccccc3)=C(c3ccccc3)C2)cc1. The van der Waals surface area contributed by atoms with Crippen LogP contribution in [0, 0.1) is 0 Å². The van der Waals surface area contributed by atoms with E-state index in [1.807, 2.05) is 72.8 Å². The second-order valence-corrected chi connectivity index (χ2v) is 6.69. The summed E-state index contributed by atoms with van der Waals surface area (Å²) < 4.78 is 15.6. The molecule has 0 aromatic heterocycles. The van der Waals surface area contributed by atoms with Crippen LogP contribution >= 0.6 is 0 Å². The van der Waals surface area contributed by atoms with Gasteiger partial charge in [-0.25, -0.2) is 4.39 Å². The molecule has 132 valence electrons. The van der Waals surface area contributed by atoms with Crippen molar-refractivity contribution in [3.05, 3.63) is 113 Å². The molecule has 0 atom stereocenters. The van der Waals surface area contributed by atoms with Crippen molar-refractivity contribution >= 4 is 22.5 Å². The number of Topliss-reactive ketones (excluding diaryl/α,β-unsaturated/α-hetero) is 1. The second-order valence-electron chi connectivity index (χ2n) is 6.69. The lowest BCUT2D eigenvalue weighted by Gasteiger charge is -2.08. The molecule has 27 heavy (non-hydrogen) atoms. The molecule has 0 bridgehead atoms. The van der Waals surface area contributed by atoms with Crippen LogP contribution in [0.5, 0.6) is 0 Å². The molecular weight excluding hydrogens is 335 g/mol. The monoisotopic (exact) mass is 354 g/mol. The van der Waals surface area contributed by atoms with E-state index in [1.54, 1.807) is 12.1 Å². The van der Waals surface area contributed by atoms with Crippen molar-refractivity contribution in [3.8, 4) is 0 Å². The molecule has 0 fully saturated rings. The van der Waals surface area contributed by atoms with Gasteiger partial charge < -0.3 is 0 Å². The Morgan fingerprint density at radius 1 is 0.704 bits per heavy atom. The second kappa shape index (κ2) is 7.16. The maximum absolute atomic E-state index is 15.6. The summed E-state index contributed by atoms with van der Waals surface area (Å²) in [7, 11) is 0. The number of carbonyl (C=O) groups is 1. The summed E-state index contributed by atoms with van der Waals surface area (Å²) in [5, 5.41) is 0. The molecule has 0 unspecified atom stereocenters. The first kappa shape index (κ1) is 17.2. The summed E-state index contributed by atoms with van der Waals surface area (Å²) in [5.74, 6) is -0.175. The molecule has 0 spiro atoms. The van der Waals surface area contributed by atoms with Gasteiger partial charge in [-0.3, -0.25) is 4.79 Å². The third kappa shape index (κ3) is 3.26. The average Bonchev–Trinajstić information content (AvgIpc) is 3.06. The molecule has 0 aliphatic heterocycles. The number of hydrogen-bond acceptors (Lipinski definition) is 1. The average molecular weight is 354 g/mol. The highest BCUT2D eigenvalue weighted by atomic mass is 19.1. The standard InChI is InChI=1S/C25H19FO/c1-17(27)18-12-14-20(15-13-18)23-16-22(19-8-4-2-5-9-19)24(25(23)26)21-10-6-3-7-11-21/h2-15H,16H2,1H3. The molecule has 3 aromatic rings. The van der Waals surface area contributed by atoms with Gasteiger partial charge in [0.1, 0.15) is 5.83 Å². The molecule has 0 radical (unpaired) electrons. The predicted molar refractivity (Wildman–Crippen MR) is 109 cm³/mol. The zero-order chi connectivity index (χ0) is 18.8. The summed E-state index contributed by atoms with van der Waals surface area (Å²) in [6, 6.07) is 26.8. The fourth-order valence-electron chi connectivity index (χ4n) is 3.55. The van der Waals surface area contributed by atoms with Crippen LogP contribution in [0.2, 0.25) is 0 Å². The van der Waals surface area contributed by atoms with E-state index < -0.39 is 0 Å². The quantitative estimate of drug-likeness (QED) is 0.483. The maximum Gasteiger partial charge on any atom is 0.159 e. The number of hydrogen-bond donors (Lipinski definition) is 0. The molecule has 0 heterocycles. The summed E-state index contributed by atoms with van der Waals surface area (Å²) in [5.41, 5.74) is 5.68. The third-order valence-electron chi connectivity index (χ3n) is 4.96. The number of ketones is 1. The lowest BCUT2D eigenvalue weighted by molar-refractivity contribution is 0.101. The highest BCUT2D eigenvalue weighted by molar-refractivity contribution is 6.09. The number of carbonyl (C=O) groups excluding carboxylic acids is 1. The molecule has 2 heteroatoms. The topological polar surface area (TPSA) is 17.1 Å². The van der Waals surface area contributed by atoms with Crippen LogP contribution in [-0.2, 0) is 0 Å². The van der Waals surface area contributed by atoms with Gasteiger partial charge in [0.25, 0.3) is 0 Å². The van der Waals surface area contributed by atoms with E-state index in [9.17, 15) is 4.79 Å². The fraction of sp³-hybridized carbons (Fsp3) is 0.0800. The van der Waals surface area contributed by atoms with Gasteiger partial charge in [-0.05, 0) is 29.2 Å². The number of rotatable bonds is 4. The molecule has 1 aliphatic rings. The molecule has 1 aliphatic carbocycles. The molecule has 0 amide bonds. The first-order chi connectivity index (χ1) is 13.1. The minimum absolute atomic E-state index is 0.00972. The van der Waals surface area contributed by atoms with Crippen LogP contribution in [0.4, 0.5) is 4.39 Å². The number of allylic oxidation sites excluding steroid dienone is 4. The van der Waals surface area contributed by atoms with Crippen LogP contribution in [0.3, 0.4) is 0 Å². The van der Waals surface area contributed by atoms with Crippen molar-refractivity contribution in [1.82, 2.24) is 0 Å². The van der Waals surface area contributed by atoms with Crippen LogP contribution in [0.1, 0.15) is 40.4 Å². The van der Waals surface area contributed by atoms with E-state index in [0.29, 0.717) is 23.1 Å². The molecular formula is C25H19FO. The Morgan fingerprint density at radius 2 is 1.22 bits per heavy atom. The van der Waals surface area contributed by atoms with E-state index in [1.165, 1.54) is 6.92 Å². The largest absolute Gasteiger partial charge is 0.295 e. The minimum Gasteiger partial charge on any atom is -0.295 e. The lowest BCUT2D eigenvalue weighted by Crippen LogP contribution is -1.92. The lowest BCUT2D eigenvalue weighted by atomic mass is 9.95. The Kier molecular flexibility index (Phi) is 4.55. The van der Waals surface area contributed by atoms with Crippen molar-refractivity contribution in [2.24, 2.45) is 0 Å². The maximum atomic E-state index is 15.6. The molecule has 0 N–H and O–H groups in total. The number of halogens is 1. The predicted octanol–water partition coefficient (Wildman–Crippen LogP) is 6.58. The molecule has 0 saturated carbocycles. The van der Waals surface area contributed by atoms with Gasteiger partial charge in [-0.15, -0.1) is 0 Å². The zero-order valence-electron chi connectivity index (χ0n) is 15.1. The van der Waals surface area contributed by atoms with Gasteiger partial charge in [-0.1, -0.05) is 84.9 Å². The van der Waals surface area contributed by atoms with Crippen LogP contribution < -0.4 is 0 Å². The van der Waals surface area contributed by atoms with Crippen LogP contribution in [0.15, 0.2) is 90.8 Å². The first-order valence-electron chi connectivity index (χ1n) is 8.99. The van der Waals surface area contributed by atoms with E-state index >= 15 is 4.39 Å². The van der Waals surface area contributed by atoms with Crippen molar-refractivity contribution in [3.63, 3.8) is 0 Å². The van der Waals surface area contributed by atoms with Gasteiger partial charge in [-0.2, -0.15) is 0 Å². The summed E-state index contributed by atoms with van der Waals surface area (Å²) in [6.07, 6.45) is 0.527. The van der Waals surface area contributed by atoms with Gasteiger partial charge in [0.15, 0.2) is 5.78 Å². The smallest absolute Gasteiger partial charge is 0.159 e. The van der Waals surface area contributed by atoms with Gasteiger partial charge in [0.05, 0.1) is 0 Å². The van der Waals surface area contributed by atoms with Gasteiger partial charge in [0.2, 0.25) is 0 Å². The highest BCUT2D eigenvalue weighted by Crippen LogP contribution is 2.47. The van der Waals surface area contributed by atoms with Crippen molar-refractivity contribution < 1.29 is 9.18 Å².